The zero-order chi connectivity index (χ0) is 12.1. The Bertz CT molecular complexity index is 456. The second-order valence-electron chi connectivity index (χ2n) is 3.78. The molecule has 0 aliphatic rings. The summed E-state index contributed by atoms with van der Waals surface area (Å²) in [6, 6.07) is 9.62. The second kappa shape index (κ2) is 5.61. The fourth-order valence-electron chi connectivity index (χ4n) is 1.58. The molecule has 0 saturated heterocycles. The van der Waals surface area contributed by atoms with Crippen LogP contribution in [0.4, 0.5) is 4.39 Å². The van der Waals surface area contributed by atoms with Crippen molar-refractivity contribution in [2.45, 2.75) is 12.6 Å². The Balaban J connectivity index is 1.83. The Morgan fingerprint density at radius 1 is 1.29 bits per heavy atom. The smallest absolute Gasteiger partial charge is 0.123 e. The lowest BCUT2D eigenvalue weighted by molar-refractivity contribution is 0.173. The fourth-order valence-corrected chi connectivity index (χ4v) is 1.58. The third-order valence-electron chi connectivity index (χ3n) is 2.45. The van der Waals surface area contributed by atoms with Crippen LogP contribution in [0.3, 0.4) is 0 Å². The summed E-state index contributed by atoms with van der Waals surface area (Å²) in [6.45, 7) is 0.892. The number of rotatable bonds is 5. The van der Waals surface area contributed by atoms with Gasteiger partial charge in [0.15, 0.2) is 0 Å². The molecule has 0 bridgehead atoms. The lowest BCUT2D eigenvalue weighted by atomic mass is 10.1. The van der Waals surface area contributed by atoms with E-state index in [0.29, 0.717) is 18.7 Å². The molecule has 0 amide bonds. The predicted molar refractivity (Wildman–Crippen MR) is 61.8 cm³/mol. The highest BCUT2D eigenvalue weighted by molar-refractivity contribution is 5.18. The van der Waals surface area contributed by atoms with Crippen LogP contribution in [-0.2, 0) is 6.54 Å². The molecule has 2 aromatic rings. The number of hydrogen-bond acceptors (Lipinski definition) is 3. The molecule has 1 atom stereocenters. The van der Waals surface area contributed by atoms with Crippen molar-refractivity contribution in [3.63, 3.8) is 0 Å². The summed E-state index contributed by atoms with van der Waals surface area (Å²) in [7, 11) is 0. The van der Waals surface area contributed by atoms with Crippen molar-refractivity contribution in [3.05, 3.63) is 59.8 Å². The van der Waals surface area contributed by atoms with Gasteiger partial charge in [0.25, 0.3) is 0 Å². The summed E-state index contributed by atoms with van der Waals surface area (Å²) in [4.78, 5) is 0. The van der Waals surface area contributed by atoms with Crippen molar-refractivity contribution in [1.29, 1.82) is 0 Å². The lowest BCUT2D eigenvalue weighted by Gasteiger charge is -2.11. The number of halogens is 1. The number of benzene rings is 1. The monoisotopic (exact) mass is 235 g/mol. The van der Waals surface area contributed by atoms with Gasteiger partial charge in [-0.3, -0.25) is 0 Å². The van der Waals surface area contributed by atoms with Gasteiger partial charge in [-0.05, 0) is 29.8 Å². The molecule has 1 heterocycles. The SMILES string of the molecule is OC(CNCc1ccco1)c1cccc(F)c1. The molecule has 90 valence electrons. The zero-order valence-electron chi connectivity index (χ0n) is 9.27. The Kier molecular flexibility index (Phi) is 3.90. The Labute approximate surface area is 98.9 Å². The molecule has 0 aliphatic heterocycles. The first kappa shape index (κ1) is 11.8. The van der Waals surface area contributed by atoms with E-state index in [9.17, 15) is 9.50 Å². The summed E-state index contributed by atoms with van der Waals surface area (Å²) < 4.78 is 18.1. The zero-order valence-corrected chi connectivity index (χ0v) is 9.27. The summed E-state index contributed by atoms with van der Waals surface area (Å²) >= 11 is 0. The largest absolute Gasteiger partial charge is 0.468 e. The lowest BCUT2D eigenvalue weighted by Crippen LogP contribution is -2.20. The molecule has 0 saturated carbocycles. The van der Waals surface area contributed by atoms with Gasteiger partial charge in [0.1, 0.15) is 11.6 Å². The number of aliphatic hydroxyl groups is 1. The van der Waals surface area contributed by atoms with Gasteiger partial charge in [-0.2, -0.15) is 0 Å². The molecule has 2 rings (SSSR count). The van der Waals surface area contributed by atoms with Crippen LogP contribution in [0.2, 0.25) is 0 Å². The van der Waals surface area contributed by atoms with Gasteiger partial charge in [0.2, 0.25) is 0 Å². The average Bonchev–Trinajstić information content (AvgIpc) is 2.82. The number of furan rings is 1. The van der Waals surface area contributed by atoms with E-state index < -0.39 is 6.10 Å². The number of hydrogen-bond donors (Lipinski definition) is 2. The maximum atomic E-state index is 12.9. The standard InChI is InChI=1S/C13H14FNO2/c14-11-4-1-3-10(7-11)13(16)9-15-8-12-5-2-6-17-12/h1-7,13,15-16H,8-9H2. The van der Waals surface area contributed by atoms with Crippen LogP contribution in [0.5, 0.6) is 0 Å². The molecule has 17 heavy (non-hydrogen) atoms. The molecule has 0 fully saturated rings. The molecule has 4 heteroatoms. The van der Waals surface area contributed by atoms with Crippen molar-refractivity contribution >= 4 is 0 Å². The van der Waals surface area contributed by atoms with Crippen LogP contribution in [0, 0.1) is 5.82 Å². The third-order valence-corrected chi connectivity index (χ3v) is 2.45. The van der Waals surface area contributed by atoms with Crippen molar-refractivity contribution in [1.82, 2.24) is 5.32 Å². The van der Waals surface area contributed by atoms with E-state index in [-0.39, 0.29) is 5.82 Å². The molecule has 0 spiro atoms. The van der Waals surface area contributed by atoms with Gasteiger partial charge in [-0.15, -0.1) is 0 Å². The van der Waals surface area contributed by atoms with Crippen molar-refractivity contribution in [2.75, 3.05) is 6.54 Å². The Morgan fingerprint density at radius 3 is 2.88 bits per heavy atom. The van der Waals surface area contributed by atoms with Crippen LogP contribution in [0.25, 0.3) is 0 Å². The highest BCUT2D eigenvalue weighted by atomic mass is 19.1. The molecule has 0 radical (unpaired) electrons. The molecule has 3 nitrogen and oxygen atoms in total. The van der Waals surface area contributed by atoms with Gasteiger partial charge >= 0.3 is 0 Å². The Hall–Kier alpha value is -1.65. The summed E-state index contributed by atoms with van der Waals surface area (Å²) in [5.41, 5.74) is 0.567. The molecule has 2 N–H and O–H groups in total. The Morgan fingerprint density at radius 2 is 2.18 bits per heavy atom. The fraction of sp³-hybridized carbons (Fsp3) is 0.231. The van der Waals surface area contributed by atoms with Crippen molar-refractivity contribution in [3.8, 4) is 0 Å². The van der Waals surface area contributed by atoms with Crippen molar-refractivity contribution < 1.29 is 13.9 Å². The van der Waals surface area contributed by atoms with Crippen LogP contribution >= 0.6 is 0 Å². The van der Waals surface area contributed by atoms with Crippen LogP contribution in [0.15, 0.2) is 47.1 Å². The van der Waals surface area contributed by atoms with Crippen LogP contribution in [0.1, 0.15) is 17.4 Å². The van der Waals surface area contributed by atoms with Crippen LogP contribution in [-0.4, -0.2) is 11.7 Å². The normalized spacial score (nSPS) is 12.6. The van der Waals surface area contributed by atoms with E-state index in [1.54, 1.807) is 24.5 Å². The van der Waals surface area contributed by atoms with Gasteiger partial charge in [-0.25, -0.2) is 4.39 Å². The van der Waals surface area contributed by atoms with Gasteiger partial charge in [-0.1, -0.05) is 12.1 Å². The minimum atomic E-state index is -0.722. The first-order valence-electron chi connectivity index (χ1n) is 5.42. The molecule has 0 aliphatic carbocycles. The van der Waals surface area contributed by atoms with Gasteiger partial charge in [0, 0.05) is 6.54 Å². The maximum absolute atomic E-state index is 12.9. The topological polar surface area (TPSA) is 45.4 Å². The van der Waals surface area contributed by atoms with E-state index in [1.165, 1.54) is 12.1 Å². The average molecular weight is 235 g/mol. The quantitative estimate of drug-likeness (QED) is 0.835. The number of aliphatic hydroxyl groups excluding tert-OH is 1. The summed E-state index contributed by atoms with van der Waals surface area (Å²) in [5.74, 6) is 0.462. The van der Waals surface area contributed by atoms with E-state index in [2.05, 4.69) is 5.32 Å². The molecule has 1 unspecified atom stereocenters. The first-order valence-corrected chi connectivity index (χ1v) is 5.42. The highest BCUT2D eigenvalue weighted by Gasteiger charge is 2.07. The van der Waals surface area contributed by atoms with E-state index in [0.717, 1.165) is 5.76 Å². The minimum Gasteiger partial charge on any atom is -0.468 e. The molecule has 1 aromatic carbocycles. The predicted octanol–water partition coefficient (Wildman–Crippen LogP) is 2.24. The third kappa shape index (κ3) is 3.41. The second-order valence-corrected chi connectivity index (χ2v) is 3.78. The van der Waals surface area contributed by atoms with Crippen molar-refractivity contribution in [2.24, 2.45) is 0 Å². The number of nitrogens with one attached hydrogen (secondary N) is 1. The molecular formula is C13H14FNO2. The van der Waals surface area contributed by atoms with Crippen LogP contribution < -0.4 is 5.32 Å². The van der Waals surface area contributed by atoms with Gasteiger partial charge < -0.3 is 14.8 Å². The summed E-state index contributed by atoms with van der Waals surface area (Å²) in [6.07, 6.45) is 0.876. The van der Waals surface area contributed by atoms with E-state index in [1.807, 2.05) is 6.07 Å². The first-order chi connectivity index (χ1) is 8.25. The summed E-state index contributed by atoms with van der Waals surface area (Å²) in [5, 5.41) is 12.9. The minimum absolute atomic E-state index is 0.340. The maximum Gasteiger partial charge on any atom is 0.123 e. The highest BCUT2D eigenvalue weighted by Crippen LogP contribution is 2.13. The van der Waals surface area contributed by atoms with E-state index in [4.69, 9.17) is 4.42 Å². The van der Waals surface area contributed by atoms with E-state index >= 15 is 0 Å². The van der Waals surface area contributed by atoms with Gasteiger partial charge in [0.05, 0.1) is 18.9 Å². The molecule has 1 aromatic heterocycles. The molecular weight excluding hydrogens is 221 g/mol.